The summed E-state index contributed by atoms with van der Waals surface area (Å²) in [5.41, 5.74) is 0. The number of hydrogen-bond acceptors (Lipinski definition) is 4. The third-order valence-corrected chi connectivity index (χ3v) is 2.24. The number of methoxy groups -OCH3 is 1. The summed E-state index contributed by atoms with van der Waals surface area (Å²) in [6.45, 7) is 6.69. The van der Waals surface area contributed by atoms with Crippen molar-refractivity contribution in [3.63, 3.8) is 0 Å². The van der Waals surface area contributed by atoms with Crippen LogP contribution in [0.3, 0.4) is 0 Å². The molecule has 0 fully saturated rings. The lowest BCUT2D eigenvalue weighted by molar-refractivity contribution is 0.0987. The number of ether oxygens (including phenoxy) is 1. The lowest BCUT2D eigenvalue weighted by atomic mass is 10.4. The van der Waals surface area contributed by atoms with Crippen LogP contribution in [-0.2, 0) is 17.8 Å². The Labute approximate surface area is 90.8 Å². The predicted octanol–water partition coefficient (Wildman–Crippen LogP) is 0.813. The van der Waals surface area contributed by atoms with Gasteiger partial charge in [-0.05, 0) is 19.9 Å². The first-order valence-electron chi connectivity index (χ1n) is 5.38. The molecule has 1 rings (SSSR count). The van der Waals surface area contributed by atoms with Gasteiger partial charge in [0.25, 0.3) is 0 Å². The number of rotatable bonds is 7. The van der Waals surface area contributed by atoms with Crippen molar-refractivity contribution in [3.8, 4) is 0 Å². The largest absolute Gasteiger partial charge is 0.380 e. The third-order valence-electron chi connectivity index (χ3n) is 2.24. The van der Waals surface area contributed by atoms with Crippen LogP contribution in [0.15, 0.2) is 6.33 Å². The Morgan fingerprint density at radius 3 is 3.07 bits per heavy atom. The van der Waals surface area contributed by atoms with Crippen molar-refractivity contribution in [2.75, 3.05) is 13.7 Å². The fraction of sp³-hybridized carbons (Fsp3) is 0.800. The Kier molecular flexibility index (Phi) is 5.28. The summed E-state index contributed by atoms with van der Waals surface area (Å²) in [7, 11) is 1.70. The van der Waals surface area contributed by atoms with Crippen LogP contribution >= 0.6 is 0 Å². The SMILES string of the molecule is CCCNCc1ncnn1CC(C)OC. The molecule has 0 aliphatic rings. The van der Waals surface area contributed by atoms with E-state index in [9.17, 15) is 0 Å². The Bertz CT molecular complexity index is 274. The Morgan fingerprint density at radius 1 is 1.60 bits per heavy atom. The monoisotopic (exact) mass is 212 g/mol. The molecule has 0 spiro atoms. The van der Waals surface area contributed by atoms with Gasteiger partial charge in [-0.2, -0.15) is 5.10 Å². The quantitative estimate of drug-likeness (QED) is 0.680. The van der Waals surface area contributed by atoms with Crippen LogP contribution in [0.5, 0.6) is 0 Å². The lowest BCUT2D eigenvalue weighted by Crippen LogP contribution is -2.22. The van der Waals surface area contributed by atoms with E-state index < -0.39 is 0 Å². The molecule has 0 aromatic carbocycles. The summed E-state index contributed by atoms with van der Waals surface area (Å²) in [6.07, 6.45) is 2.88. The molecule has 0 amide bonds. The van der Waals surface area contributed by atoms with Crippen LogP contribution in [0.25, 0.3) is 0 Å². The van der Waals surface area contributed by atoms with Gasteiger partial charge in [-0.15, -0.1) is 0 Å². The highest BCUT2D eigenvalue weighted by Crippen LogP contribution is 1.98. The van der Waals surface area contributed by atoms with E-state index in [1.54, 1.807) is 13.4 Å². The zero-order valence-electron chi connectivity index (χ0n) is 9.73. The van der Waals surface area contributed by atoms with Crippen molar-refractivity contribution in [1.29, 1.82) is 0 Å². The molecule has 15 heavy (non-hydrogen) atoms. The third kappa shape index (κ3) is 3.97. The van der Waals surface area contributed by atoms with Gasteiger partial charge in [-0.1, -0.05) is 6.92 Å². The Morgan fingerprint density at radius 2 is 2.40 bits per heavy atom. The van der Waals surface area contributed by atoms with Gasteiger partial charge in [0.05, 0.1) is 19.2 Å². The van der Waals surface area contributed by atoms with Crippen LogP contribution in [-0.4, -0.2) is 34.5 Å². The average molecular weight is 212 g/mol. The van der Waals surface area contributed by atoms with E-state index in [4.69, 9.17) is 4.74 Å². The fourth-order valence-electron chi connectivity index (χ4n) is 1.27. The van der Waals surface area contributed by atoms with E-state index in [0.29, 0.717) is 0 Å². The normalized spacial score (nSPS) is 13.0. The molecular formula is C10H20N4O. The van der Waals surface area contributed by atoms with Gasteiger partial charge in [0, 0.05) is 7.11 Å². The van der Waals surface area contributed by atoms with Crippen molar-refractivity contribution in [1.82, 2.24) is 20.1 Å². The molecule has 0 saturated heterocycles. The number of aromatic nitrogens is 3. The van der Waals surface area contributed by atoms with E-state index in [-0.39, 0.29) is 6.10 Å². The van der Waals surface area contributed by atoms with Crippen molar-refractivity contribution in [3.05, 3.63) is 12.2 Å². The van der Waals surface area contributed by atoms with Crippen LogP contribution in [0, 0.1) is 0 Å². The minimum absolute atomic E-state index is 0.164. The van der Waals surface area contributed by atoms with Crippen LogP contribution in [0.2, 0.25) is 0 Å². The Balaban J connectivity index is 2.45. The van der Waals surface area contributed by atoms with Crippen molar-refractivity contribution in [2.24, 2.45) is 0 Å². The van der Waals surface area contributed by atoms with Crippen LogP contribution in [0.1, 0.15) is 26.1 Å². The molecule has 0 bridgehead atoms. The maximum atomic E-state index is 5.20. The van der Waals surface area contributed by atoms with Crippen molar-refractivity contribution in [2.45, 2.75) is 39.5 Å². The zero-order valence-corrected chi connectivity index (χ0v) is 9.73. The molecule has 5 nitrogen and oxygen atoms in total. The summed E-state index contributed by atoms with van der Waals surface area (Å²) in [6, 6.07) is 0. The van der Waals surface area contributed by atoms with Crippen LogP contribution in [0.4, 0.5) is 0 Å². The molecular weight excluding hydrogens is 192 g/mol. The van der Waals surface area contributed by atoms with Gasteiger partial charge in [0.15, 0.2) is 0 Å². The van der Waals surface area contributed by atoms with Gasteiger partial charge in [0.2, 0.25) is 0 Å². The average Bonchev–Trinajstić information content (AvgIpc) is 2.66. The summed E-state index contributed by atoms with van der Waals surface area (Å²) in [5.74, 6) is 0.965. The van der Waals surface area contributed by atoms with E-state index in [2.05, 4.69) is 22.3 Å². The van der Waals surface area contributed by atoms with Gasteiger partial charge in [0.1, 0.15) is 12.2 Å². The van der Waals surface area contributed by atoms with Gasteiger partial charge < -0.3 is 10.1 Å². The minimum atomic E-state index is 0.164. The maximum Gasteiger partial charge on any atom is 0.140 e. The molecule has 1 N–H and O–H groups in total. The second kappa shape index (κ2) is 6.53. The highest BCUT2D eigenvalue weighted by Gasteiger charge is 2.07. The Hall–Kier alpha value is -0.940. The van der Waals surface area contributed by atoms with E-state index in [0.717, 1.165) is 31.9 Å². The van der Waals surface area contributed by atoms with Gasteiger partial charge in [-0.25, -0.2) is 9.67 Å². The molecule has 0 saturated carbocycles. The summed E-state index contributed by atoms with van der Waals surface area (Å²) < 4.78 is 7.08. The number of nitrogens with zero attached hydrogens (tertiary/aromatic N) is 3. The second-order valence-electron chi connectivity index (χ2n) is 3.58. The smallest absolute Gasteiger partial charge is 0.140 e. The highest BCUT2D eigenvalue weighted by molar-refractivity contribution is 4.84. The fourth-order valence-corrected chi connectivity index (χ4v) is 1.27. The molecule has 1 atom stereocenters. The molecule has 1 heterocycles. The van der Waals surface area contributed by atoms with Gasteiger partial charge >= 0.3 is 0 Å². The first-order chi connectivity index (χ1) is 7.27. The number of nitrogens with one attached hydrogen (secondary N) is 1. The van der Waals surface area contributed by atoms with Crippen molar-refractivity contribution < 1.29 is 4.74 Å². The molecule has 0 aliphatic carbocycles. The molecule has 86 valence electrons. The van der Waals surface area contributed by atoms with E-state index >= 15 is 0 Å². The topological polar surface area (TPSA) is 52.0 Å². The van der Waals surface area contributed by atoms with Crippen LogP contribution < -0.4 is 5.32 Å². The minimum Gasteiger partial charge on any atom is -0.380 e. The zero-order chi connectivity index (χ0) is 11.1. The molecule has 1 aromatic heterocycles. The molecule has 0 aliphatic heterocycles. The van der Waals surface area contributed by atoms with E-state index in [1.807, 2.05) is 11.6 Å². The highest BCUT2D eigenvalue weighted by atomic mass is 16.5. The van der Waals surface area contributed by atoms with Crippen molar-refractivity contribution >= 4 is 0 Å². The molecule has 5 heteroatoms. The summed E-state index contributed by atoms with van der Waals surface area (Å²) >= 11 is 0. The standard InChI is InChI=1S/C10H20N4O/c1-4-5-11-6-10-12-8-13-14(10)7-9(2)15-3/h8-9,11H,4-7H2,1-3H3. The first-order valence-corrected chi connectivity index (χ1v) is 5.38. The first kappa shape index (κ1) is 12.1. The lowest BCUT2D eigenvalue weighted by Gasteiger charge is -2.11. The molecule has 1 unspecified atom stereocenters. The molecule has 1 aromatic rings. The second-order valence-corrected chi connectivity index (χ2v) is 3.58. The van der Waals surface area contributed by atoms with E-state index in [1.165, 1.54) is 0 Å². The maximum absolute atomic E-state index is 5.20. The summed E-state index contributed by atoms with van der Waals surface area (Å²) in [4.78, 5) is 4.21. The predicted molar refractivity (Wildman–Crippen MR) is 58.5 cm³/mol. The number of hydrogen-bond donors (Lipinski definition) is 1. The van der Waals surface area contributed by atoms with Gasteiger partial charge in [-0.3, -0.25) is 0 Å². The molecule has 0 radical (unpaired) electrons. The summed E-state index contributed by atoms with van der Waals surface area (Å²) in [5, 5.41) is 7.47.